The highest BCUT2D eigenvalue weighted by Gasteiger charge is 2.46. The number of nitrogens with zero attached hydrogens (tertiary/aromatic N) is 1. The van der Waals surface area contributed by atoms with Gasteiger partial charge in [0.15, 0.2) is 5.60 Å². The molecule has 0 aromatic heterocycles. The fourth-order valence-corrected chi connectivity index (χ4v) is 3.85. The van der Waals surface area contributed by atoms with E-state index in [1.807, 2.05) is 6.08 Å². The van der Waals surface area contributed by atoms with Crippen molar-refractivity contribution in [2.75, 3.05) is 26.3 Å². The quantitative estimate of drug-likeness (QED) is 0.395. The largest absolute Gasteiger partial charge is 0.459 e. The summed E-state index contributed by atoms with van der Waals surface area (Å²) in [6.45, 7) is 4.12. The zero-order chi connectivity index (χ0) is 18.2. The Morgan fingerprint density at radius 3 is 2.88 bits per heavy atom. The van der Waals surface area contributed by atoms with Gasteiger partial charge in [0.05, 0.1) is 12.6 Å². The lowest BCUT2D eigenvalue weighted by Crippen LogP contribution is -2.50. The number of hydrogen-bond donors (Lipinski definition) is 2. The van der Waals surface area contributed by atoms with Gasteiger partial charge in [-0.15, -0.1) is 0 Å². The number of aliphatic hydroxyl groups excluding tert-OH is 1. The SMILES string of the molecule is C/C=C1\C[C@H](C)[C@](O)(CO)C(=O)OCC2=CCN3CC[C@@H](OC1=O)[C@@H]23. The minimum absolute atomic E-state index is 0.0273. The first-order valence-corrected chi connectivity index (χ1v) is 8.70. The fourth-order valence-electron chi connectivity index (χ4n) is 3.85. The normalized spacial score (nSPS) is 38.5. The molecule has 0 aromatic carbocycles. The average molecular weight is 351 g/mol. The second kappa shape index (κ2) is 6.90. The molecule has 0 saturated carbocycles. The van der Waals surface area contributed by atoms with E-state index in [9.17, 15) is 19.8 Å². The zero-order valence-corrected chi connectivity index (χ0v) is 14.6. The van der Waals surface area contributed by atoms with Gasteiger partial charge in [-0.3, -0.25) is 4.90 Å². The molecule has 3 aliphatic heterocycles. The Hall–Kier alpha value is -1.70. The molecule has 2 fully saturated rings. The smallest absolute Gasteiger partial charge is 0.341 e. The molecule has 0 amide bonds. The van der Waals surface area contributed by atoms with E-state index in [-0.39, 0.29) is 25.2 Å². The summed E-state index contributed by atoms with van der Waals surface area (Å²) in [5.41, 5.74) is -0.796. The molecule has 2 N–H and O–H groups in total. The summed E-state index contributed by atoms with van der Waals surface area (Å²) in [5, 5.41) is 20.2. The average Bonchev–Trinajstić information content (AvgIpc) is 3.18. The Morgan fingerprint density at radius 2 is 2.20 bits per heavy atom. The molecule has 7 nitrogen and oxygen atoms in total. The van der Waals surface area contributed by atoms with E-state index >= 15 is 0 Å². The predicted octanol–water partition coefficient (Wildman–Crippen LogP) is 0.165. The van der Waals surface area contributed by atoms with E-state index in [4.69, 9.17) is 9.47 Å². The number of carbonyl (C=O) groups excluding carboxylic acids is 2. The van der Waals surface area contributed by atoms with Crippen LogP contribution in [-0.4, -0.2) is 71.1 Å². The maximum absolute atomic E-state index is 12.6. The van der Waals surface area contributed by atoms with Crippen LogP contribution >= 0.6 is 0 Å². The molecule has 138 valence electrons. The van der Waals surface area contributed by atoms with Crippen molar-refractivity contribution in [2.24, 2.45) is 5.92 Å². The van der Waals surface area contributed by atoms with Crippen LogP contribution in [0.15, 0.2) is 23.3 Å². The molecule has 0 unspecified atom stereocenters. The molecule has 0 aromatic rings. The van der Waals surface area contributed by atoms with Crippen molar-refractivity contribution in [1.82, 2.24) is 4.90 Å². The first kappa shape index (κ1) is 18.1. The van der Waals surface area contributed by atoms with E-state index in [2.05, 4.69) is 4.90 Å². The summed E-state index contributed by atoms with van der Waals surface area (Å²) in [5.74, 6) is -1.99. The summed E-state index contributed by atoms with van der Waals surface area (Å²) in [4.78, 5) is 27.2. The van der Waals surface area contributed by atoms with Gasteiger partial charge >= 0.3 is 11.9 Å². The second-order valence-electron chi connectivity index (χ2n) is 7.03. The summed E-state index contributed by atoms with van der Waals surface area (Å²) in [7, 11) is 0. The number of hydrogen-bond acceptors (Lipinski definition) is 7. The van der Waals surface area contributed by atoms with Crippen LogP contribution in [0.4, 0.5) is 0 Å². The second-order valence-corrected chi connectivity index (χ2v) is 7.03. The predicted molar refractivity (Wildman–Crippen MR) is 88.5 cm³/mol. The van der Waals surface area contributed by atoms with Crippen molar-refractivity contribution in [3.05, 3.63) is 23.3 Å². The van der Waals surface area contributed by atoms with Crippen molar-refractivity contribution >= 4 is 11.9 Å². The Balaban J connectivity index is 1.93. The lowest BCUT2D eigenvalue weighted by Gasteiger charge is -2.32. The van der Waals surface area contributed by atoms with Gasteiger partial charge in [-0.05, 0) is 25.3 Å². The maximum atomic E-state index is 12.6. The molecule has 4 atom stereocenters. The molecular weight excluding hydrogens is 326 g/mol. The van der Waals surface area contributed by atoms with E-state index in [0.29, 0.717) is 5.57 Å². The number of esters is 2. The number of ether oxygens (including phenoxy) is 2. The molecular formula is C18H25NO6. The van der Waals surface area contributed by atoms with Gasteiger partial charge in [0.2, 0.25) is 0 Å². The number of rotatable bonds is 1. The minimum atomic E-state index is -2.05. The number of allylic oxidation sites excluding steroid dienone is 1. The first-order chi connectivity index (χ1) is 11.9. The fraction of sp³-hybridized carbons (Fsp3) is 0.667. The highest BCUT2D eigenvalue weighted by atomic mass is 16.6. The van der Waals surface area contributed by atoms with Crippen LogP contribution in [0.1, 0.15) is 26.7 Å². The highest BCUT2D eigenvalue weighted by molar-refractivity contribution is 5.89. The summed E-state index contributed by atoms with van der Waals surface area (Å²) in [6.07, 6.45) is 4.20. The van der Waals surface area contributed by atoms with Crippen LogP contribution in [0.25, 0.3) is 0 Å². The van der Waals surface area contributed by atoms with Crippen LogP contribution < -0.4 is 0 Å². The standard InChI is InChI=1S/C18H25NO6/c1-3-12-8-11(2)18(23,10-20)17(22)24-9-13-4-6-19-7-5-14(15(13)19)25-16(12)21/h3-4,11,14-15,20,23H,5-10H2,1-2H3/b12-3+/t11-,14+,15+,18+/m0/s1. The maximum Gasteiger partial charge on any atom is 0.341 e. The summed E-state index contributed by atoms with van der Waals surface area (Å²) < 4.78 is 11.1. The van der Waals surface area contributed by atoms with Crippen LogP contribution in [0, 0.1) is 5.92 Å². The molecule has 3 aliphatic rings. The zero-order valence-electron chi connectivity index (χ0n) is 14.6. The van der Waals surface area contributed by atoms with E-state index in [1.165, 1.54) is 0 Å². The van der Waals surface area contributed by atoms with Crippen molar-refractivity contribution < 1.29 is 29.3 Å². The number of cyclic esters (lactones) is 1. The third-order valence-corrected chi connectivity index (χ3v) is 5.59. The molecule has 7 heteroatoms. The van der Waals surface area contributed by atoms with Gasteiger partial charge in [-0.2, -0.15) is 0 Å². The topological polar surface area (TPSA) is 96.3 Å². The van der Waals surface area contributed by atoms with Gasteiger partial charge in [0, 0.05) is 24.6 Å². The van der Waals surface area contributed by atoms with Crippen LogP contribution in [0.3, 0.4) is 0 Å². The monoisotopic (exact) mass is 351 g/mol. The van der Waals surface area contributed by atoms with Gasteiger partial charge in [0.25, 0.3) is 0 Å². The van der Waals surface area contributed by atoms with Gasteiger partial charge < -0.3 is 19.7 Å². The minimum Gasteiger partial charge on any atom is -0.459 e. The van der Waals surface area contributed by atoms with Crippen LogP contribution in [-0.2, 0) is 19.1 Å². The summed E-state index contributed by atoms with van der Waals surface area (Å²) >= 11 is 0. The van der Waals surface area contributed by atoms with Crippen molar-refractivity contribution in [2.45, 2.75) is 44.4 Å². The Morgan fingerprint density at radius 1 is 1.44 bits per heavy atom. The third kappa shape index (κ3) is 3.12. The van der Waals surface area contributed by atoms with E-state index in [1.54, 1.807) is 19.9 Å². The van der Waals surface area contributed by atoms with E-state index < -0.39 is 30.1 Å². The highest BCUT2D eigenvalue weighted by Crippen LogP contribution is 2.34. The Labute approximate surface area is 146 Å². The van der Waals surface area contributed by atoms with Crippen molar-refractivity contribution in [3.8, 4) is 0 Å². The third-order valence-electron chi connectivity index (χ3n) is 5.59. The molecule has 25 heavy (non-hydrogen) atoms. The molecule has 3 rings (SSSR count). The van der Waals surface area contributed by atoms with Crippen LogP contribution in [0.5, 0.6) is 0 Å². The molecule has 3 heterocycles. The lowest BCUT2D eigenvalue weighted by atomic mass is 9.84. The van der Waals surface area contributed by atoms with Gasteiger partial charge in [-0.1, -0.05) is 19.1 Å². The first-order valence-electron chi connectivity index (χ1n) is 8.70. The lowest BCUT2D eigenvalue weighted by molar-refractivity contribution is -0.176. The molecule has 2 saturated heterocycles. The Bertz CT molecular complexity index is 627. The van der Waals surface area contributed by atoms with E-state index in [0.717, 1.165) is 25.1 Å². The summed E-state index contributed by atoms with van der Waals surface area (Å²) in [6, 6.07) is -0.0890. The molecule has 0 spiro atoms. The molecule has 0 radical (unpaired) electrons. The molecule has 0 bridgehead atoms. The van der Waals surface area contributed by atoms with Gasteiger partial charge in [-0.25, -0.2) is 9.59 Å². The van der Waals surface area contributed by atoms with Gasteiger partial charge in [0.1, 0.15) is 12.7 Å². The number of carbonyl (C=O) groups is 2. The van der Waals surface area contributed by atoms with Crippen molar-refractivity contribution in [3.63, 3.8) is 0 Å². The molecule has 0 aliphatic carbocycles. The number of aliphatic hydroxyl groups is 2. The van der Waals surface area contributed by atoms with Crippen LogP contribution in [0.2, 0.25) is 0 Å². The Kier molecular flexibility index (Phi) is 4.99. The van der Waals surface area contributed by atoms with Crippen molar-refractivity contribution in [1.29, 1.82) is 0 Å².